The van der Waals surface area contributed by atoms with Gasteiger partial charge in [-0.3, -0.25) is 0 Å². The largest absolute Gasteiger partial charge is 0.425 e. The molecule has 0 bridgehead atoms. The van der Waals surface area contributed by atoms with Gasteiger partial charge in [0.2, 0.25) is 0 Å². The average Bonchev–Trinajstić information content (AvgIpc) is 2.60. The molecule has 0 aliphatic carbocycles. The van der Waals surface area contributed by atoms with Crippen LogP contribution in [0.4, 0.5) is 13.2 Å². The lowest BCUT2D eigenvalue weighted by molar-refractivity contribution is -0.134. The van der Waals surface area contributed by atoms with Gasteiger partial charge in [0.15, 0.2) is 0 Å². The van der Waals surface area contributed by atoms with Gasteiger partial charge < -0.3 is 0 Å². The summed E-state index contributed by atoms with van der Waals surface area (Å²) in [4.78, 5) is -0.600. The van der Waals surface area contributed by atoms with Crippen molar-refractivity contribution in [3.05, 3.63) is 34.7 Å². The number of benzene rings is 1. The summed E-state index contributed by atoms with van der Waals surface area (Å²) >= 11 is 0.723. The second-order valence-electron chi connectivity index (χ2n) is 3.32. The van der Waals surface area contributed by atoms with Gasteiger partial charge in [-0.1, -0.05) is 6.07 Å². The van der Waals surface area contributed by atoms with E-state index in [9.17, 15) is 13.2 Å². The predicted molar refractivity (Wildman–Crippen MR) is 56.1 cm³/mol. The van der Waals surface area contributed by atoms with E-state index in [1.807, 2.05) is 6.07 Å². The molecule has 5 heteroatoms. The van der Waals surface area contributed by atoms with E-state index in [1.165, 1.54) is 0 Å². The number of rotatable bonds is 1. The van der Waals surface area contributed by atoms with E-state index < -0.39 is 11.1 Å². The third-order valence-electron chi connectivity index (χ3n) is 2.14. The first-order valence-corrected chi connectivity index (χ1v) is 5.29. The topological polar surface area (TPSA) is 23.8 Å². The Morgan fingerprint density at radius 1 is 1.25 bits per heavy atom. The highest BCUT2D eigenvalue weighted by Gasteiger charge is 2.32. The summed E-state index contributed by atoms with van der Waals surface area (Å²) in [7, 11) is 0. The van der Waals surface area contributed by atoms with E-state index in [4.69, 9.17) is 5.26 Å². The second-order valence-corrected chi connectivity index (χ2v) is 4.40. The zero-order valence-corrected chi connectivity index (χ0v) is 8.82. The number of halogens is 3. The number of nitrogens with zero attached hydrogens (tertiary/aromatic N) is 1. The first-order chi connectivity index (χ1) is 7.50. The van der Waals surface area contributed by atoms with Gasteiger partial charge in [-0.25, -0.2) is 0 Å². The lowest BCUT2D eigenvalue weighted by Gasteiger charge is -1.99. The molecule has 0 saturated carbocycles. The van der Waals surface area contributed by atoms with Crippen molar-refractivity contribution in [2.24, 2.45) is 0 Å². The lowest BCUT2D eigenvalue weighted by atomic mass is 10.1. The highest BCUT2D eigenvalue weighted by molar-refractivity contribution is 7.19. The quantitative estimate of drug-likeness (QED) is 0.740. The van der Waals surface area contributed by atoms with Crippen molar-refractivity contribution >= 4 is 21.4 Å². The Labute approximate surface area is 93.7 Å². The van der Waals surface area contributed by atoms with Crippen LogP contribution in [0.2, 0.25) is 0 Å². The normalized spacial score (nSPS) is 11.6. The Kier molecular flexibility index (Phi) is 2.60. The highest BCUT2D eigenvalue weighted by atomic mass is 32.1. The van der Waals surface area contributed by atoms with E-state index in [-0.39, 0.29) is 6.42 Å². The third kappa shape index (κ3) is 2.02. The van der Waals surface area contributed by atoms with E-state index >= 15 is 0 Å². The summed E-state index contributed by atoms with van der Waals surface area (Å²) in [6, 6.07) is 8.03. The Morgan fingerprint density at radius 2 is 2.00 bits per heavy atom. The molecular weight excluding hydrogens is 235 g/mol. The monoisotopic (exact) mass is 241 g/mol. The molecule has 0 fully saturated rings. The maximum atomic E-state index is 12.4. The van der Waals surface area contributed by atoms with Crippen molar-refractivity contribution in [3.8, 4) is 6.07 Å². The van der Waals surface area contributed by atoms with E-state index in [0.717, 1.165) is 23.0 Å². The Morgan fingerprint density at radius 3 is 2.62 bits per heavy atom. The Hall–Kier alpha value is -1.54. The van der Waals surface area contributed by atoms with Crippen LogP contribution < -0.4 is 0 Å². The van der Waals surface area contributed by atoms with Crippen molar-refractivity contribution in [2.75, 3.05) is 0 Å². The molecule has 0 amide bonds. The molecule has 0 saturated heterocycles. The summed E-state index contributed by atoms with van der Waals surface area (Å²) in [5.74, 6) is 0. The van der Waals surface area contributed by atoms with Crippen LogP contribution in [0.3, 0.4) is 0 Å². The maximum absolute atomic E-state index is 12.4. The molecule has 0 radical (unpaired) electrons. The van der Waals surface area contributed by atoms with Crippen molar-refractivity contribution in [3.63, 3.8) is 0 Å². The van der Waals surface area contributed by atoms with Crippen molar-refractivity contribution in [1.82, 2.24) is 0 Å². The summed E-state index contributed by atoms with van der Waals surface area (Å²) in [6.07, 6.45) is -4.08. The lowest BCUT2D eigenvalue weighted by Crippen LogP contribution is -2.00. The van der Waals surface area contributed by atoms with Gasteiger partial charge in [0, 0.05) is 4.70 Å². The van der Waals surface area contributed by atoms with Gasteiger partial charge in [-0.2, -0.15) is 18.4 Å². The maximum Gasteiger partial charge on any atom is 0.425 e. The number of fused-ring (bicyclic) bond motifs is 1. The molecular formula is C11H6F3NS. The average molecular weight is 241 g/mol. The SMILES string of the molecule is N#CCc1ccc2sc(C(F)(F)F)cc2c1. The molecule has 0 unspecified atom stereocenters. The summed E-state index contributed by atoms with van der Waals surface area (Å²) in [5, 5.41) is 9.05. The summed E-state index contributed by atoms with van der Waals surface area (Å²) < 4.78 is 37.9. The van der Waals surface area contributed by atoms with Crippen LogP contribution in [-0.4, -0.2) is 0 Å². The fourth-order valence-corrected chi connectivity index (χ4v) is 2.34. The number of thiophene rings is 1. The smallest absolute Gasteiger partial charge is 0.198 e. The van der Waals surface area contributed by atoms with Gasteiger partial charge in [0.05, 0.1) is 12.5 Å². The summed E-state index contributed by atoms with van der Waals surface area (Å²) in [6.45, 7) is 0. The molecule has 2 aromatic rings. The summed E-state index contributed by atoms with van der Waals surface area (Å²) in [5.41, 5.74) is 0.738. The minimum atomic E-state index is -4.29. The molecule has 82 valence electrons. The number of hydrogen-bond donors (Lipinski definition) is 0. The van der Waals surface area contributed by atoms with Crippen LogP contribution in [0.5, 0.6) is 0 Å². The predicted octanol–water partition coefficient (Wildman–Crippen LogP) is 3.99. The Balaban J connectivity index is 2.51. The van der Waals surface area contributed by atoms with E-state index in [0.29, 0.717) is 10.1 Å². The number of nitriles is 1. The van der Waals surface area contributed by atoms with Crippen LogP contribution in [0.15, 0.2) is 24.3 Å². The van der Waals surface area contributed by atoms with Crippen molar-refractivity contribution in [2.45, 2.75) is 12.6 Å². The van der Waals surface area contributed by atoms with Gasteiger partial charge in [0.25, 0.3) is 0 Å². The fraction of sp³-hybridized carbons (Fsp3) is 0.182. The van der Waals surface area contributed by atoms with E-state index in [1.54, 1.807) is 18.2 Å². The first kappa shape index (κ1) is 11.0. The molecule has 1 heterocycles. The molecule has 1 aromatic carbocycles. The van der Waals surface area contributed by atoms with Gasteiger partial charge in [-0.15, -0.1) is 11.3 Å². The van der Waals surface area contributed by atoms with Crippen LogP contribution >= 0.6 is 11.3 Å². The fourth-order valence-electron chi connectivity index (χ4n) is 1.43. The number of alkyl halides is 3. The van der Waals surface area contributed by atoms with Crippen LogP contribution in [-0.2, 0) is 12.6 Å². The minimum Gasteiger partial charge on any atom is -0.198 e. The third-order valence-corrected chi connectivity index (χ3v) is 3.30. The van der Waals surface area contributed by atoms with Crippen LogP contribution in [0.1, 0.15) is 10.4 Å². The molecule has 0 aliphatic heterocycles. The van der Waals surface area contributed by atoms with Gasteiger partial charge in [-0.05, 0) is 29.1 Å². The highest BCUT2D eigenvalue weighted by Crippen LogP contribution is 2.38. The van der Waals surface area contributed by atoms with E-state index in [2.05, 4.69) is 0 Å². The molecule has 0 spiro atoms. The van der Waals surface area contributed by atoms with Gasteiger partial charge in [0.1, 0.15) is 4.88 Å². The zero-order valence-electron chi connectivity index (χ0n) is 8.01. The minimum absolute atomic E-state index is 0.215. The Bertz CT molecular complexity index is 563. The zero-order chi connectivity index (χ0) is 11.8. The molecule has 0 aliphatic rings. The number of hydrogen-bond acceptors (Lipinski definition) is 2. The standard InChI is InChI=1S/C11H6F3NS/c12-11(13,14)10-6-8-5-7(3-4-15)1-2-9(8)16-10/h1-2,5-6H,3H2. The second kappa shape index (κ2) is 3.80. The first-order valence-electron chi connectivity index (χ1n) is 4.47. The molecule has 2 rings (SSSR count). The molecule has 1 nitrogen and oxygen atoms in total. The molecule has 0 N–H and O–H groups in total. The molecule has 1 aromatic heterocycles. The van der Waals surface area contributed by atoms with Crippen molar-refractivity contribution < 1.29 is 13.2 Å². The van der Waals surface area contributed by atoms with Crippen molar-refractivity contribution in [1.29, 1.82) is 5.26 Å². The molecule has 16 heavy (non-hydrogen) atoms. The van der Waals surface area contributed by atoms with Crippen LogP contribution in [0, 0.1) is 11.3 Å². The van der Waals surface area contributed by atoms with Crippen LogP contribution in [0.25, 0.3) is 10.1 Å². The molecule has 0 atom stereocenters. The van der Waals surface area contributed by atoms with Gasteiger partial charge >= 0.3 is 6.18 Å².